The van der Waals surface area contributed by atoms with Crippen molar-refractivity contribution >= 4 is 17.2 Å². The lowest BCUT2D eigenvalue weighted by molar-refractivity contribution is 0.0966. The van der Waals surface area contributed by atoms with Crippen molar-refractivity contribution in [2.75, 3.05) is 7.05 Å². The summed E-state index contributed by atoms with van der Waals surface area (Å²) in [5.41, 5.74) is 5.81. The maximum absolute atomic E-state index is 12.1. The van der Waals surface area contributed by atoms with Gasteiger partial charge >= 0.3 is 0 Å². The van der Waals surface area contributed by atoms with E-state index in [0.29, 0.717) is 0 Å². The zero-order valence-corrected chi connectivity index (χ0v) is 14.3. The SMILES string of the molecule is CNC(=O)c1sc(-c2ccccc2-c2ccccc2)c(C)c1C. The highest BCUT2D eigenvalue weighted by atomic mass is 32.1. The molecule has 3 rings (SSSR count). The Morgan fingerprint density at radius 3 is 2.13 bits per heavy atom. The van der Waals surface area contributed by atoms with E-state index in [1.54, 1.807) is 18.4 Å². The quantitative estimate of drug-likeness (QED) is 0.718. The molecule has 1 heterocycles. The minimum Gasteiger partial charge on any atom is -0.354 e. The molecular formula is C20H19NOS. The van der Waals surface area contributed by atoms with Crippen molar-refractivity contribution in [3.05, 3.63) is 70.6 Å². The Hall–Kier alpha value is -2.39. The molecule has 0 spiro atoms. The molecule has 0 saturated heterocycles. The van der Waals surface area contributed by atoms with E-state index in [2.05, 4.69) is 60.8 Å². The standard InChI is InChI=1S/C20H19NOS/c1-13-14(2)19(20(22)21-3)23-18(13)17-12-8-7-11-16(17)15-9-5-4-6-10-15/h4-12H,1-3H3,(H,21,22). The van der Waals surface area contributed by atoms with Gasteiger partial charge in [-0.25, -0.2) is 0 Å². The van der Waals surface area contributed by atoms with Crippen molar-refractivity contribution in [3.8, 4) is 21.6 Å². The lowest BCUT2D eigenvalue weighted by Crippen LogP contribution is -2.17. The normalized spacial score (nSPS) is 10.6. The number of hydrogen-bond acceptors (Lipinski definition) is 2. The number of hydrogen-bond donors (Lipinski definition) is 1. The van der Waals surface area contributed by atoms with Crippen LogP contribution < -0.4 is 5.32 Å². The first-order valence-electron chi connectivity index (χ1n) is 7.60. The molecule has 3 aromatic rings. The Balaban J connectivity index is 2.20. The lowest BCUT2D eigenvalue weighted by atomic mass is 9.96. The van der Waals surface area contributed by atoms with Crippen LogP contribution in [0.2, 0.25) is 0 Å². The molecule has 0 aliphatic carbocycles. The van der Waals surface area contributed by atoms with E-state index in [1.807, 2.05) is 13.0 Å². The number of benzene rings is 2. The van der Waals surface area contributed by atoms with Gasteiger partial charge < -0.3 is 5.32 Å². The van der Waals surface area contributed by atoms with Crippen LogP contribution in [0.4, 0.5) is 0 Å². The average Bonchev–Trinajstić information content (AvgIpc) is 2.90. The Morgan fingerprint density at radius 1 is 0.870 bits per heavy atom. The van der Waals surface area contributed by atoms with Gasteiger partial charge in [-0.1, -0.05) is 54.6 Å². The Kier molecular flexibility index (Phi) is 4.30. The molecule has 2 nitrogen and oxygen atoms in total. The smallest absolute Gasteiger partial charge is 0.261 e. The molecule has 0 aliphatic heterocycles. The molecule has 3 heteroatoms. The highest BCUT2D eigenvalue weighted by Gasteiger charge is 2.19. The third-order valence-corrected chi connectivity index (χ3v) is 5.56. The van der Waals surface area contributed by atoms with E-state index >= 15 is 0 Å². The van der Waals surface area contributed by atoms with Crippen molar-refractivity contribution in [2.45, 2.75) is 13.8 Å². The minimum atomic E-state index is -0.0148. The third-order valence-electron chi connectivity index (χ3n) is 4.14. The summed E-state index contributed by atoms with van der Waals surface area (Å²) < 4.78 is 0. The predicted molar refractivity (Wildman–Crippen MR) is 98.1 cm³/mol. The highest BCUT2D eigenvalue weighted by molar-refractivity contribution is 7.17. The topological polar surface area (TPSA) is 29.1 Å². The second-order valence-electron chi connectivity index (χ2n) is 5.50. The van der Waals surface area contributed by atoms with E-state index in [0.717, 1.165) is 10.4 Å². The molecule has 116 valence electrons. The van der Waals surface area contributed by atoms with Crippen LogP contribution in [0.25, 0.3) is 21.6 Å². The first-order valence-corrected chi connectivity index (χ1v) is 8.42. The largest absolute Gasteiger partial charge is 0.354 e. The molecule has 23 heavy (non-hydrogen) atoms. The van der Waals surface area contributed by atoms with Gasteiger partial charge in [-0.15, -0.1) is 11.3 Å². The molecule has 0 bridgehead atoms. The fraction of sp³-hybridized carbons (Fsp3) is 0.150. The number of rotatable bonds is 3. The van der Waals surface area contributed by atoms with E-state index in [4.69, 9.17) is 0 Å². The van der Waals surface area contributed by atoms with E-state index in [9.17, 15) is 4.79 Å². The number of carbonyl (C=O) groups is 1. The summed E-state index contributed by atoms with van der Waals surface area (Å²) >= 11 is 1.57. The zero-order chi connectivity index (χ0) is 16.4. The van der Waals surface area contributed by atoms with Crippen LogP contribution in [0.5, 0.6) is 0 Å². The van der Waals surface area contributed by atoms with Crippen LogP contribution in [-0.2, 0) is 0 Å². The fourth-order valence-electron chi connectivity index (χ4n) is 2.73. The molecule has 1 N–H and O–H groups in total. The Morgan fingerprint density at radius 2 is 1.48 bits per heavy atom. The van der Waals surface area contributed by atoms with Gasteiger partial charge in [-0.05, 0) is 41.7 Å². The van der Waals surface area contributed by atoms with Gasteiger partial charge in [0.15, 0.2) is 0 Å². The summed E-state index contributed by atoms with van der Waals surface area (Å²) in [5.74, 6) is -0.0148. The summed E-state index contributed by atoms with van der Waals surface area (Å²) in [7, 11) is 1.68. The van der Waals surface area contributed by atoms with Gasteiger partial charge in [-0.2, -0.15) is 0 Å². The first-order chi connectivity index (χ1) is 11.1. The Bertz CT molecular complexity index is 849. The van der Waals surface area contributed by atoms with Crippen molar-refractivity contribution in [2.24, 2.45) is 0 Å². The van der Waals surface area contributed by atoms with Gasteiger partial charge in [0.1, 0.15) is 0 Å². The van der Waals surface area contributed by atoms with E-state index in [-0.39, 0.29) is 5.91 Å². The number of amides is 1. The van der Waals surface area contributed by atoms with E-state index < -0.39 is 0 Å². The number of thiophene rings is 1. The van der Waals surface area contributed by atoms with Gasteiger partial charge in [0.05, 0.1) is 4.88 Å². The summed E-state index contributed by atoms with van der Waals surface area (Å²) in [6.07, 6.45) is 0. The van der Waals surface area contributed by atoms with Gasteiger partial charge in [-0.3, -0.25) is 4.79 Å². The second kappa shape index (κ2) is 6.39. The maximum atomic E-state index is 12.1. The molecule has 0 aliphatic rings. The minimum absolute atomic E-state index is 0.0148. The predicted octanol–water partition coefficient (Wildman–Crippen LogP) is 5.06. The summed E-state index contributed by atoms with van der Waals surface area (Å²) in [5, 5.41) is 2.73. The van der Waals surface area contributed by atoms with Gasteiger partial charge in [0, 0.05) is 11.9 Å². The molecule has 0 atom stereocenters. The van der Waals surface area contributed by atoms with Crippen molar-refractivity contribution in [1.82, 2.24) is 5.32 Å². The fourth-order valence-corrected chi connectivity index (χ4v) is 4.03. The molecular weight excluding hydrogens is 302 g/mol. The zero-order valence-electron chi connectivity index (χ0n) is 13.5. The summed E-state index contributed by atoms with van der Waals surface area (Å²) in [4.78, 5) is 14.0. The summed E-state index contributed by atoms with van der Waals surface area (Å²) in [6, 6.07) is 18.7. The molecule has 0 saturated carbocycles. The third kappa shape index (κ3) is 2.80. The molecule has 0 unspecified atom stereocenters. The van der Waals surface area contributed by atoms with Crippen LogP contribution in [0.15, 0.2) is 54.6 Å². The van der Waals surface area contributed by atoms with Crippen molar-refractivity contribution < 1.29 is 4.79 Å². The van der Waals surface area contributed by atoms with E-state index in [1.165, 1.54) is 27.1 Å². The monoisotopic (exact) mass is 321 g/mol. The number of carbonyl (C=O) groups excluding carboxylic acids is 1. The lowest BCUT2D eigenvalue weighted by Gasteiger charge is -2.09. The molecule has 2 aromatic carbocycles. The van der Waals surface area contributed by atoms with Crippen LogP contribution >= 0.6 is 11.3 Å². The van der Waals surface area contributed by atoms with Crippen LogP contribution in [-0.4, -0.2) is 13.0 Å². The average molecular weight is 321 g/mol. The first kappa shape index (κ1) is 15.5. The number of nitrogens with one attached hydrogen (secondary N) is 1. The van der Waals surface area contributed by atoms with Crippen molar-refractivity contribution in [1.29, 1.82) is 0 Å². The highest BCUT2D eigenvalue weighted by Crippen LogP contribution is 2.40. The molecule has 0 fully saturated rings. The van der Waals surface area contributed by atoms with Crippen LogP contribution in [0.1, 0.15) is 20.8 Å². The van der Waals surface area contributed by atoms with Crippen LogP contribution in [0, 0.1) is 13.8 Å². The summed E-state index contributed by atoms with van der Waals surface area (Å²) in [6.45, 7) is 4.11. The Labute approximate surface area is 140 Å². The molecule has 0 radical (unpaired) electrons. The van der Waals surface area contributed by atoms with Crippen molar-refractivity contribution in [3.63, 3.8) is 0 Å². The van der Waals surface area contributed by atoms with Gasteiger partial charge in [0.25, 0.3) is 5.91 Å². The molecule has 1 aromatic heterocycles. The molecule has 1 amide bonds. The second-order valence-corrected chi connectivity index (χ2v) is 6.52. The van der Waals surface area contributed by atoms with Crippen LogP contribution in [0.3, 0.4) is 0 Å². The van der Waals surface area contributed by atoms with Gasteiger partial charge in [0.2, 0.25) is 0 Å². The maximum Gasteiger partial charge on any atom is 0.261 e.